The Hall–Kier alpha value is -0.710. The predicted molar refractivity (Wildman–Crippen MR) is 83.1 cm³/mol. The molecule has 0 fully saturated rings. The van der Waals surface area contributed by atoms with Crippen LogP contribution in [0, 0.1) is 0 Å². The van der Waals surface area contributed by atoms with Crippen LogP contribution in [0.1, 0.15) is 19.4 Å². The average Bonchev–Trinajstić information content (AvgIpc) is 2.40. The van der Waals surface area contributed by atoms with Crippen LogP contribution < -0.4 is 10.1 Å². The van der Waals surface area contributed by atoms with E-state index >= 15 is 0 Å². The van der Waals surface area contributed by atoms with Crippen LogP contribution in [0.4, 0.5) is 0 Å². The van der Waals surface area contributed by atoms with E-state index in [0.29, 0.717) is 12.1 Å². The van der Waals surface area contributed by atoms with Gasteiger partial charge in [0.1, 0.15) is 5.75 Å². The molecular weight excluding hydrogens is 258 g/mol. The van der Waals surface area contributed by atoms with E-state index in [2.05, 4.69) is 31.3 Å². The first-order valence-corrected chi connectivity index (χ1v) is 7.92. The third-order valence-corrected chi connectivity index (χ3v) is 4.45. The van der Waals surface area contributed by atoms with E-state index in [1.807, 2.05) is 18.4 Å². The molecule has 0 saturated carbocycles. The van der Waals surface area contributed by atoms with Crippen LogP contribution in [0.5, 0.6) is 5.75 Å². The second kappa shape index (κ2) is 8.46. The van der Waals surface area contributed by atoms with Gasteiger partial charge in [-0.3, -0.25) is 0 Å². The highest BCUT2D eigenvalue weighted by atomic mass is 32.2. The molecular formula is C15H25NO2S. The van der Waals surface area contributed by atoms with E-state index in [1.54, 1.807) is 18.9 Å². The third-order valence-electron chi connectivity index (χ3n) is 3.29. The molecule has 3 atom stereocenters. The van der Waals surface area contributed by atoms with Crippen molar-refractivity contribution in [2.24, 2.45) is 0 Å². The number of ether oxygens (including phenoxy) is 1. The maximum atomic E-state index is 9.28. The van der Waals surface area contributed by atoms with Crippen LogP contribution in [-0.4, -0.2) is 42.4 Å². The molecule has 0 heterocycles. The fraction of sp³-hybridized carbons (Fsp3) is 0.600. The standard InChI is InChI=1S/C15H25NO2S/c1-11(16-12(2)15(10-17)19-4)9-13-5-7-14(18-3)8-6-13/h5-8,11-12,15-17H,9-10H2,1-4H3. The van der Waals surface area contributed by atoms with Crippen molar-refractivity contribution in [2.45, 2.75) is 37.6 Å². The molecule has 0 bridgehead atoms. The number of hydrogen-bond donors (Lipinski definition) is 2. The normalized spacial score (nSPS) is 15.8. The Bertz CT molecular complexity index is 352. The summed E-state index contributed by atoms with van der Waals surface area (Å²) in [5, 5.41) is 13.1. The number of nitrogens with one attached hydrogen (secondary N) is 1. The quantitative estimate of drug-likeness (QED) is 0.768. The highest BCUT2D eigenvalue weighted by molar-refractivity contribution is 7.99. The summed E-state index contributed by atoms with van der Waals surface area (Å²) < 4.78 is 5.15. The number of rotatable bonds is 8. The van der Waals surface area contributed by atoms with Gasteiger partial charge in [0.15, 0.2) is 0 Å². The molecule has 1 aromatic carbocycles. The number of methoxy groups -OCH3 is 1. The van der Waals surface area contributed by atoms with Crippen LogP contribution in [0.2, 0.25) is 0 Å². The van der Waals surface area contributed by atoms with Gasteiger partial charge in [0.05, 0.1) is 13.7 Å². The Balaban J connectivity index is 2.47. The summed E-state index contributed by atoms with van der Waals surface area (Å²) in [7, 11) is 1.68. The van der Waals surface area contributed by atoms with E-state index < -0.39 is 0 Å². The first-order valence-electron chi connectivity index (χ1n) is 6.63. The molecule has 0 aliphatic heterocycles. The van der Waals surface area contributed by atoms with Crippen molar-refractivity contribution >= 4 is 11.8 Å². The summed E-state index contributed by atoms with van der Waals surface area (Å²) in [4.78, 5) is 0. The van der Waals surface area contributed by atoms with Gasteiger partial charge in [-0.05, 0) is 44.2 Å². The van der Waals surface area contributed by atoms with Gasteiger partial charge in [-0.15, -0.1) is 0 Å². The second-order valence-corrected chi connectivity index (χ2v) is 5.94. The SMILES string of the molecule is COc1ccc(CC(C)NC(C)C(CO)SC)cc1. The van der Waals surface area contributed by atoms with Crippen LogP contribution in [0.15, 0.2) is 24.3 Å². The topological polar surface area (TPSA) is 41.5 Å². The van der Waals surface area contributed by atoms with Crippen molar-refractivity contribution in [3.63, 3.8) is 0 Å². The Morgan fingerprint density at radius 1 is 1.26 bits per heavy atom. The molecule has 0 aliphatic rings. The zero-order chi connectivity index (χ0) is 14.3. The molecule has 0 aliphatic carbocycles. The fourth-order valence-electron chi connectivity index (χ4n) is 2.17. The minimum Gasteiger partial charge on any atom is -0.497 e. The van der Waals surface area contributed by atoms with E-state index in [1.165, 1.54) is 5.56 Å². The summed E-state index contributed by atoms with van der Waals surface area (Å²) in [6.07, 6.45) is 3.01. The molecule has 4 heteroatoms. The summed E-state index contributed by atoms with van der Waals surface area (Å²) >= 11 is 1.70. The first kappa shape index (κ1) is 16.3. The van der Waals surface area contributed by atoms with Crippen LogP contribution in [-0.2, 0) is 6.42 Å². The average molecular weight is 283 g/mol. The Labute approximate surface area is 120 Å². The van der Waals surface area contributed by atoms with Gasteiger partial charge in [0.2, 0.25) is 0 Å². The van der Waals surface area contributed by atoms with Gasteiger partial charge >= 0.3 is 0 Å². The lowest BCUT2D eigenvalue weighted by molar-refractivity contribution is 0.271. The monoisotopic (exact) mass is 283 g/mol. The Morgan fingerprint density at radius 2 is 1.89 bits per heavy atom. The van der Waals surface area contributed by atoms with E-state index in [9.17, 15) is 5.11 Å². The second-order valence-electron chi connectivity index (χ2n) is 4.87. The van der Waals surface area contributed by atoms with E-state index in [-0.39, 0.29) is 11.9 Å². The van der Waals surface area contributed by atoms with Crippen LogP contribution in [0.25, 0.3) is 0 Å². The summed E-state index contributed by atoms with van der Waals surface area (Å²) in [5.74, 6) is 0.889. The molecule has 108 valence electrons. The molecule has 0 spiro atoms. The van der Waals surface area contributed by atoms with Gasteiger partial charge in [0.25, 0.3) is 0 Å². The molecule has 3 nitrogen and oxygen atoms in total. The van der Waals surface area contributed by atoms with Gasteiger partial charge in [-0.25, -0.2) is 0 Å². The van der Waals surface area contributed by atoms with Gasteiger partial charge in [-0.2, -0.15) is 11.8 Å². The summed E-state index contributed by atoms with van der Waals surface area (Å²) in [5.41, 5.74) is 1.29. The van der Waals surface area contributed by atoms with Crippen molar-refractivity contribution < 1.29 is 9.84 Å². The maximum absolute atomic E-state index is 9.28. The molecule has 0 saturated heterocycles. The van der Waals surface area contributed by atoms with E-state index in [0.717, 1.165) is 12.2 Å². The smallest absolute Gasteiger partial charge is 0.118 e. The molecule has 1 aromatic rings. The van der Waals surface area contributed by atoms with E-state index in [4.69, 9.17) is 4.74 Å². The molecule has 1 rings (SSSR count). The van der Waals surface area contributed by atoms with Crippen LogP contribution >= 0.6 is 11.8 Å². The Morgan fingerprint density at radius 3 is 2.37 bits per heavy atom. The molecule has 19 heavy (non-hydrogen) atoms. The number of aliphatic hydroxyl groups excluding tert-OH is 1. The third kappa shape index (κ3) is 5.43. The lowest BCUT2D eigenvalue weighted by Crippen LogP contribution is -2.43. The first-order chi connectivity index (χ1) is 9.10. The number of benzene rings is 1. The zero-order valence-corrected chi connectivity index (χ0v) is 13.0. The maximum Gasteiger partial charge on any atom is 0.118 e. The molecule has 2 N–H and O–H groups in total. The highest BCUT2D eigenvalue weighted by Crippen LogP contribution is 2.14. The fourth-order valence-corrected chi connectivity index (χ4v) is 2.80. The van der Waals surface area contributed by atoms with Crippen molar-refractivity contribution in [3.8, 4) is 5.75 Å². The minimum absolute atomic E-state index is 0.213. The highest BCUT2D eigenvalue weighted by Gasteiger charge is 2.17. The van der Waals surface area contributed by atoms with Crippen molar-refractivity contribution in [1.29, 1.82) is 0 Å². The molecule has 0 radical (unpaired) electrons. The van der Waals surface area contributed by atoms with Gasteiger partial charge in [0, 0.05) is 17.3 Å². The van der Waals surface area contributed by atoms with Crippen LogP contribution in [0.3, 0.4) is 0 Å². The number of hydrogen-bond acceptors (Lipinski definition) is 4. The molecule has 0 amide bonds. The minimum atomic E-state index is 0.213. The molecule has 0 aromatic heterocycles. The zero-order valence-electron chi connectivity index (χ0n) is 12.2. The van der Waals surface area contributed by atoms with Crippen molar-refractivity contribution in [3.05, 3.63) is 29.8 Å². The Kier molecular flexibility index (Phi) is 7.28. The lowest BCUT2D eigenvalue weighted by atomic mass is 10.1. The summed E-state index contributed by atoms with van der Waals surface area (Å²) in [6.45, 7) is 4.52. The van der Waals surface area contributed by atoms with Crippen molar-refractivity contribution in [1.82, 2.24) is 5.32 Å². The number of aliphatic hydroxyl groups is 1. The van der Waals surface area contributed by atoms with Crippen molar-refractivity contribution in [2.75, 3.05) is 20.0 Å². The summed E-state index contributed by atoms with van der Waals surface area (Å²) in [6, 6.07) is 8.85. The largest absolute Gasteiger partial charge is 0.497 e. The predicted octanol–water partition coefficient (Wildman–Crippen LogP) is 2.33. The number of thioether (sulfide) groups is 1. The lowest BCUT2D eigenvalue weighted by Gasteiger charge is -2.25. The molecule has 3 unspecified atom stereocenters. The van der Waals surface area contributed by atoms with Gasteiger partial charge in [-0.1, -0.05) is 12.1 Å². The van der Waals surface area contributed by atoms with Gasteiger partial charge < -0.3 is 15.2 Å².